The summed E-state index contributed by atoms with van der Waals surface area (Å²) in [4.78, 5) is 16.1. The molecular weight excluding hydrogens is 342 g/mol. The summed E-state index contributed by atoms with van der Waals surface area (Å²) in [6, 6.07) is 18.6. The summed E-state index contributed by atoms with van der Waals surface area (Å²) >= 11 is 0. The van der Waals surface area contributed by atoms with Crippen LogP contribution in [-0.4, -0.2) is 22.5 Å². The van der Waals surface area contributed by atoms with Crippen LogP contribution in [0.15, 0.2) is 71.9 Å². The number of benzene rings is 2. The molecule has 2 aromatic carbocycles. The van der Waals surface area contributed by atoms with E-state index in [-0.39, 0.29) is 0 Å². The summed E-state index contributed by atoms with van der Waals surface area (Å²) in [5.41, 5.74) is 1.72. The Hall–Kier alpha value is -3.41. The predicted octanol–water partition coefficient (Wildman–Crippen LogP) is 4.07. The normalized spacial score (nSPS) is 11.3. The van der Waals surface area contributed by atoms with Crippen molar-refractivity contribution in [1.82, 2.24) is 9.78 Å². The van der Waals surface area contributed by atoms with E-state index >= 15 is 0 Å². The Kier molecular flexibility index (Phi) is 5.99. The van der Waals surface area contributed by atoms with E-state index in [0.717, 1.165) is 17.7 Å². The Labute approximate surface area is 157 Å². The Morgan fingerprint density at radius 1 is 1.11 bits per heavy atom. The average molecular weight is 363 g/mol. The largest absolute Gasteiger partial charge is 0.478 e. The number of amides is 1. The molecule has 27 heavy (non-hydrogen) atoms. The minimum Gasteiger partial charge on any atom is -0.478 e. The predicted molar refractivity (Wildman–Crippen MR) is 102 cm³/mol. The first kappa shape index (κ1) is 18.4. The van der Waals surface area contributed by atoms with Gasteiger partial charge in [-0.05, 0) is 37.1 Å². The molecule has 0 N–H and O–H groups in total. The van der Waals surface area contributed by atoms with Gasteiger partial charge in [-0.15, -0.1) is 0 Å². The second kappa shape index (κ2) is 8.80. The highest BCUT2D eigenvalue weighted by atomic mass is 16.5. The minimum atomic E-state index is -0.704. The van der Waals surface area contributed by atoms with Crippen molar-refractivity contribution >= 4 is 6.09 Å². The van der Waals surface area contributed by atoms with Crippen LogP contribution in [0.2, 0.25) is 0 Å². The Bertz CT molecular complexity index is 981. The van der Waals surface area contributed by atoms with Crippen molar-refractivity contribution in [2.24, 2.45) is 4.99 Å². The van der Waals surface area contributed by atoms with Gasteiger partial charge < -0.3 is 9.47 Å². The molecule has 0 saturated heterocycles. The van der Waals surface area contributed by atoms with Crippen molar-refractivity contribution in [2.75, 3.05) is 6.61 Å². The number of para-hydroxylation sites is 2. The zero-order chi connectivity index (χ0) is 19.1. The van der Waals surface area contributed by atoms with Gasteiger partial charge >= 0.3 is 6.09 Å². The Morgan fingerprint density at radius 2 is 1.85 bits per heavy atom. The number of ether oxygens (including phenoxy) is 2. The van der Waals surface area contributed by atoms with Crippen LogP contribution in [0.3, 0.4) is 0 Å². The number of hydrogen-bond acceptors (Lipinski definition) is 4. The van der Waals surface area contributed by atoms with E-state index in [4.69, 9.17) is 9.47 Å². The van der Waals surface area contributed by atoms with E-state index in [1.165, 1.54) is 6.20 Å². The standard InChI is InChI=1S/C21H21N3O3/c1-3-13-26-20-14-17(15-22-24(20)18-10-5-4-6-11-18)23-21(25)27-19-12-8-7-9-16(19)2/h4-12,14-15H,3,13H2,1-2H3/b23-17+. The molecule has 0 fully saturated rings. The fourth-order valence-electron chi connectivity index (χ4n) is 2.43. The fourth-order valence-corrected chi connectivity index (χ4v) is 2.43. The van der Waals surface area contributed by atoms with Crippen molar-refractivity contribution in [3.05, 3.63) is 77.8 Å². The number of carbonyl (C=O) groups excluding carboxylic acids is 1. The van der Waals surface area contributed by atoms with Gasteiger partial charge in [0.1, 0.15) is 5.75 Å². The van der Waals surface area contributed by atoms with Crippen LogP contribution in [-0.2, 0) is 0 Å². The van der Waals surface area contributed by atoms with Gasteiger partial charge in [0, 0.05) is 6.07 Å². The minimum absolute atomic E-state index is 0.367. The highest BCUT2D eigenvalue weighted by Gasteiger charge is 2.08. The number of nitrogens with zero attached hydrogens (tertiary/aromatic N) is 3. The first-order valence-electron chi connectivity index (χ1n) is 8.77. The van der Waals surface area contributed by atoms with E-state index in [9.17, 15) is 4.79 Å². The van der Waals surface area contributed by atoms with Gasteiger partial charge in [-0.3, -0.25) is 0 Å². The zero-order valence-electron chi connectivity index (χ0n) is 15.3. The van der Waals surface area contributed by atoms with Crippen LogP contribution in [0.25, 0.3) is 5.69 Å². The lowest BCUT2D eigenvalue weighted by Gasteiger charge is -2.12. The number of aryl methyl sites for hydroxylation is 1. The van der Waals surface area contributed by atoms with Crippen LogP contribution in [0.5, 0.6) is 11.6 Å². The van der Waals surface area contributed by atoms with Gasteiger partial charge in [-0.2, -0.15) is 10.1 Å². The van der Waals surface area contributed by atoms with Crippen LogP contribution < -0.4 is 14.8 Å². The summed E-state index contributed by atoms with van der Waals surface area (Å²) < 4.78 is 12.8. The molecule has 1 heterocycles. The molecule has 3 aromatic rings. The molecule has 138 valence electrons. The third kappa shape index (κ3) is 4.82. The molecule has 0 aliphatic carbocycles. The van der Waals surface area contributed by atoms with Gasteiger partial charge in [0.15, 0.2) is 0 Å². The maximum absolute atomic E-state index is 12.2. The lowest BCUT2D eigenvalue weighted by Crippen LogP contribution is -2.16. The number of hydrogen-bond donors (Lipinski definition) is 0. The van der Waals surface area contributed by atoms with E-state index in [2.05, 4.69) is 10.1 Å². The first-order valence-corrected chi connectivity index (χ1v) is 8.77. The average Bonchev–Trinajstić information content (AvgIpc) is 2.69. The van der Waals surface area contributed by atoms with Crippen molar-refractivity contribution < 1.29 is 14.3 Å². The molecule has 0 aliphatic rings. The Balaban J connectivity index is 1.90. The molecule has 0 unspecified atom stereocenters. The van der Waals surface area contributed by atoms with Gasteiger partial charge in [0.25, 0.3) is 0 Å². The molecule has 3 rings (SSSR count). The lowest BCUT2D eigenvalue weighted by atomic mass is 10.2. The first-order chi connectivity index (χ1) is 13.2. The number of aromatic nitrogens is 2. The third-order valence-electron chi connectivity index (χ3n) is 3.75. The summed E-state index contributed by atoms with van der Waals surface area (Å²) in [7, 11) is 0. The topological polar surface area (TPSA) is 65.7 Å². The SMILES string of the molecule is CCCOc1c/c(=N\C(=O)Oc2ccccc2C)cnn1-c1ccccc1. The molecule has 0 bridgehead atoms. The van der Waals surface area contributed by atoms with E-state index < -0.39 is 6.09 Å². The molecule has 1 aromatic heterocycles. The molecule has 6 heteroatoms. The smallest absolute Gasteiger partial charge is 0.439 e. The molecule has 6 nitrogen and oxygen atoms in total. The monoisotopic (exact) mass is 363 g/mol. The van der Waals surface area contributed by atoms with Crippen molar-refractivity contribution in [3.63, 3.8) is 0 Å². The molecule has 0 spiro atoms. The van der Waals surface area contributed by atoms with Crippen LogP contribution in [0.1, 0.15) is 18.9 Å². The van der Waals surface area contributed by atoms with Crippen molar-refractivity contribution in [2.45, 2.75) is 20.3 Å². The summed E-state index contributed by atoms with van der Waals surface area (Å²) in [6.45, 7) is 4.42. The second-order valence-corrected chi connectivity index (χ2v) is 5.89. The molecule has 1 amide bonds. The van der Waals surface area contributed by atoms with E-state index in [1.807, 2.05) is 56.3 Å². The van der Waals surface area contributed by atoms with Gasteiger partial charge in [-0.1, -0.05) is 43.3 Å². The molecule has 0 atom stereocenters. The molecular formula is C21H21N3O3. The van der Waals surface area contributed by atoms with Crippen molar-refractivity contribution in [1.29, 1.82) is 0 Å². The summed E-state index contributed by atoms with van der Waals surface area (Å²) in [5, 5.41) is 4.74. The van der Waals surface area contributed by atoms with Crippen molar-refractivity contribution in [3.8, 4) is 17.3 Å². The summed E-state index contributed by atoms with van der Waals surface area (Å²) in [5.74, 6) is 0.991. The van der Waals surface area contributed by atoms with Crippen LogP contribution in [0, 0.1) is 6.92 Å². The second-order valence-electron chi connectivity index (χ2n) is 5.89. The van der Waals surface area contributed by atoms with Gasteiger partial charge in [0.2, 0.25) is 5.88 Å². The highest BCUT2D eigenvalue weighted by Crippen LogP contribution is 2.17. The molecule has 0 saturated carbocycles. The van der Waals surface area contributed by atoms with E-state index in [1.54, 1.807) is 22.9 Å². The highest BCUT2D eigenvalue weighted by molar-refractivity contribution is 5.71. The lowest BCUT2D eigenvalue weighted by molar-refractivity contribution is 0.210. The fraction of sp³-hybridized carbons (Fsp3) is 0.190. The number of rotatable bonds is 5. The maximum atomic E-state index is 12.2. The maximum Gasteiger partial charge on any atom is 0.439 e. The Morgan fingerprint density at radius 3 is 2.59 bits per heavy atom. The van der Waals surface area contributed by atoms with Gasteiger partial charge in [0.05, 0.1) is 23.8 Å². The van der Waals surface area contributed by atoms with E-state index in [0.29, 0.717) is 23.6 Å². The van der Waals surface area contributed by atoms with Crippen LogP contribution in [0.4, 0.5) is 4.79 Å². The molecule has 0 aliphatic heterocycles. The summed E-state index contributed by atoms with van der Waals surface area (Å²) in [6.07, 6.45) is 1.65. The molecule has 0 radical (unpaired) electrons. The van der Waals surface area contributed by atoms with Gasteiger partial charge in [-0.25, -0.2) is 9.48 Å². The number of carbonyl (C=O) groups is 1. The third-order valence-corrected chi connectivity index (χ3v) is 3.75. The zero-order valence-corrected chi connectivity index (χ0v) is 15.3. The quantitative estimate of drug-likeness (QED) is 0.685. The van der Waals surface area contributed by atoms with Crippen LogP contribution >= 0.6 is 0 Å².